The molecule has 0 atom stereocenters. The van der Waals surface area contributed by atoms with Crippen LogP contribution in [0.2, 0.25) is 0 Å². The van der Waals surface area contributed by atoms with Gasteiger partial charge in [-0.25, -0.2) is 8.42 Å². The van der Waals surface area contributed by atoms with Gasteiger partial charge in [0.05, 0.1) is 43.5 Å². The molecule has 2 N–H and O–H groups in total. The first-order chi connectivity index (χ1) is 9.92. The molecule has 8 heteroatoms. The van der Waals surface area contributed by atoms with E-state index in [1.54, 1.807) is 21.3 Å². The van der Waals surface area contributed by atoms with Crippen LogP contribution in [0.1, 0.15) is 5.56 Å². The lowest BCUT2D eigenvalue weighted by atomic mass is 10.1. The highest BCUT2D eigenvalue weighted by Crippen LogP contribution is 2.39. The first-order valence-corrected chi connectivity index (χ1v) is 8.26. The number of hydrogen-bond donors (Lipinski definition) is 1. The quantitative estimate of drug-likeness (QED) is 0.652. The van der Waals surface area contributed by atoms with E-state index >= 15 is 0 Å². The summed E-state index contributed by atoms with van der Waals surface area (Å²) in [7, 11) is 1.43. The molecule has 0 amide bonds. The Morgan fingerprint density at radius 2 is 1.76 bits per heavy atom. The first-order valence-electron chi connectivity index (χ1n) is 6.41. The third-order valence-electron chi connectivity index (χ3n) is 2.81. The SMILES string of the molecule is COc1ccc(C[NH2+]CC[N-]S(C)(=O)=O)c(OC)c1OC. The molecule has 0 bridgehead atoms. The molecule has 0 heterocycles. The molecule has 7 nitrogen and oxygen atoms in total. The maximum atomic E-state index is 10.9. The van der Waals surface area contributed by atoms with Crippen molar-refractivity contribution >= 4 is 10.0 Å². The molecular weight excluding hydrogens is 296 g/mol. The molecule has 0 unspecified atom stereocenters. The summed E-state index contributed by atoms with van der Waals surface area (Å²) in [5.41, 5.74) is 0.939. The van der Waals surface area contributed by atoms with Crippen LogP contribution in [-0.2, 0) is 16.6 Å². The second-order valence-electron chi connectivity index (χ2n) is 4.36. The Balaban J connectivity index is 2.67. The second kappa shape index (κ2) is 8.06. The normalized spacial score (nSPS) is 11.2. The van der Waals surface area contributed by atoms with Gasteiger partial charge in [-0.2, -0.15) is 0 Å². The molecule has 21 heavy (non-hydrogen) atoms. The summed E-state index contributed by atoms with van der Waals surface area (Å²) in [6.07, 6.45) is 1.09. The Kier molecular flexibility index (Phi) is 6.73. The van der Waals surface area contributed by atoms with Gasteiger partial charge < -0.3 is 24.2 Å². The van der Waals surface area contributed by atoms with Crippen LogP contribution in [0, 0.1) is 0 Å². The lowest BCUT2D eigenvalue weighted by molar-refractivity contribution is -0.667. The van der Waals surface area contributed by atoms with E-state index < -0.39 is 10.0 Å². The molecule has 1 rings (SSSR count). The monoisotopic (exact) mass is 318 g/mol. The zero-order valence-electron chi connectivity index (χ0n) is 12.8. The molecular formula is C13H22N2O5S. The summed E-state index contributed by atoms with van der Waals surface area (Å²) in [6, 6.07) is 3.70. The third-order valence-corrected chi connectivity index (χ3v) is 3.46. The number of methoxy groups -OCH3 is 3. The van der Waals surface area contributed by atoms with Gasteiger partial charge in [-0.1, -0.05) is 6.54 Å². The predicted octanol–water partition coefficient (Wildman–Crippen LogP) is 0.109. The maximum absolute atomic E-state index is 10.9. The summed E-state index contributed by atoms with van der Waals surface area (Å²) in [4.78, 5) is 0. The van der Waals surface area contributed by atoms with E-state index in [-0.39, 0.29) is 6.54 Å². The summed E-state index contributed by atoms with van der Waals surface area (Å²) < 4.78 is 41.2. The van der Waals surface area contributed by atoms with Crippen molar-refractivity contribution in [1.29, 1.82) is 0 Å². The number of nitrogens with zero attached hydrogens (tertiary/aromatic N) is 1. The van der Waals surface area contributed by atoms with Gasteiger partial charge in [0.1, 0.15) is 6.54 Å². The Morgan fingerprint density at radius 3 is 2.29 bits per heavy atom. The second-order valence-corrected chi connectivity index (χ2v) is 6.08. The Labute approximate surface area is 125 Å². The molecule has 1 aromatic rings. The van der Waals surface area contributed by atoms with Gasteiger partial charge in [0.15, 0.2) is 11.5 Å². The smallest absolute Gasteiger partial charge is 0.203 e. The standard InChI is InChI=1S/C13H21N2O5S/c1-18-11-6-5-10(12(19-2)13(11)20-3)9-14-7-8-15-21(4,16)17/h5-6,14H,7-9H2,1-4H3/q-1/p+1. The molecule has 0 aliphatic heterocycles. The minimum absolute atomic E-state index is 0.258. The number of ether oxygens (including phenoxy) is 3. The van der Waals surface area contributed by atoms with Crippen LogP contribution in [-0.4, -0.2) is 49.1 Å². The number of hydrogen-bond acceptors (Lipinski definition) is 5. The van der Waals surface area contributed by atoms with E-state index in [1.807, 2.05) is 17.4 Å². The average Bonchev–Trinajstić information content (AvgIpc) is 2.44. The first kappa shape index (κ1) is 17.5. The molecule has 1 aromatic carbocycles. The number of rotatable bonds is 9. The molecule has 0 radical (unpaired) electrons. The van der Waals surface area contributed by atoms with E-state index in [2.05, 4.69) is 4.72 Å². The minimum Gasteiger partial charge on any atom is -0.545 e. The molecule has 120 valence electrons. The highest BCUT2D eigenvalue weighted by molar-refractivity contribution is 7.93. The van der Waals surface area contributed by atoms with E-state index in [1.165, 1.54) is 0 Å². The lowest BCUT2D eigenvalue weighted by Gasteiger charge is -2.17. The molecule has 0 aliphatic rings. The van der Waals surface area contributed by atoms with Crippen LogP contribution in [0.15, 0.2) is 12.1 Å². The summed E-state index contributed by atoms with van der Waals surface area (Å²) in [6.45, 7) is 1.46. The van der Waals surface area contributed by atoms with Crippen LogP contribution in [0.25, 0.3) is 4.72 Å². The number of nitrogens with two attached hydrogens (primary N) is 1. The molecule has 0 saturated heterocycles. The van der Waals surface area contributed by atoms with Gasteiger partial charge in [-0.05, 0) is 12.1 Å². The number of benzene rings is 1. The zero-order chi connectivity index (χ0) is 15.9. The average molecular weight is 318 g/mol. The molecule has 0 aliphatic carbocycles. The van der Waals surface area contributed by atoms with Gasteiger partial charge in [-0.15, -0.1) is 0 Å². The Morgan fingerprint density at radius 1 is 1.10 bits per heavy atom. The van der Waals surface area contributed by atoms with E-state index in [9.17, 15) is 8.42 Å². The molecule has 0 spiro atoms. The molecule has 0 saturated carbocycles. The highest BCUT2D eigenvalue weighted by atomic mass is 32.2. The number of sulfonamides is 1. The van der Waals surface area contributed by atoms with E-state index in [0.29, 0.717) is 30.3 Å². The molecule has 0 fully saturated rings. The number of quaternary nitrogens is 1. The summed E-state index contributed by atoms with van der Waals surface area (Å²) >= 11 is 0. The largest absolute Gasteiger partial charge is 0.545 e. The van der Waals surface area contributed by atoms with Gasteiger partial charge >= 0.3 is 0 Å². The highest BCUT2D eigenvalue weighted by Gasteiger charge is 2.16. The predicted molar refractivity (Wildman–Crippen MR) is 79.7 cm³/mol. The minimum atomic E-state index is -3.26. The van der Waals surface area contributed by atoms with Crippen LogP contribution in [0.3, 0.4) is 0 Å². The van der Waals surface area contributed by atoms with Crippen LogP contribution >= 0.6 is 0 Å². The van der Waals surface area contributed by atoms with Crippen molar-refractivity contribution in [3.8, 4) is 17.2 Å². The van der Waals surface area contributed by atoms with Crippen molar-refractivity contribution in [3.05, 3.63) is 22.4 Å². The van der Waals surface area contributed by atoms with Gasteiger partial charge in [-0.3, -0.25) is 0 Å². The topological polar surface area (TPSA) is 92.5 Å². The van der Waals surface area contributed by atoms with Crippen molar-refractivity contribution < 1.29 is 27.9 Å². The summed E-state index contributed by atoms with van der Waals surface area (Å²) in [5.74, 6) is 1.77. The Hall–Kier alpha value is -1.51. The van der Waals surface area contributed by atoms with E-state index in [4.69, 9.17) is 14.2 Å². The molecule has 0 aromatic heterocycles. The van der Waals surface area contributed by atoms with Crippen LogP contribution in [0.5, 0.6) is 17.2 Å². The van der Waals surface area contributed by atoms with Crippen molar-refractivity contribution in [2.24, 2.45) is 0 Å². The fraction of sp³-hybridized carbons (Fsp3) is 0.538. The zero-order valence-corrected chi connectivity index (χ0v) is 13.6. The van der Waals surface area contributed by atoms with Gasteiger partial charge in [0.2, 0.25) is 5.75 Å². The lowest BCUT2D eigenvalue weighted by Crippen LogP contribution is -2.83. The van der Waals surface area contributed by atoms with Crippen molar-refractivity contribution in [1.82, 2.24) is 0 Å². The Bertz CT molecular complexity index is 560. The van der Waals surface area contributed by atoms with Gasteiger partial charge in [0, 0.05) is 6.26 Å². The fourth-order valence-electron chi connectivity index (χ4n) is 1.89. The van der Waals surface area contributed by atoms with Crippen LogP contribution < -0.4 is 19.5 Å². The maximum Gasteiger partial charge on any atom is 0.203 e. The summed E-state index contributed by atoms with van der Waals surface area (Å²) in [5, 5.41) is 1.96. The van der Waals surface area contributed by atoms with Gasteiger partial charge in [0.25, 0.3) is 0 Å². The van der Waals surface area contributed by atoms with Crippen molar-refractivity contribution in [3.63, 3.8) is 0 Å². The van der Waals surface area contributed by atoms with Crippen LogP contribution in [0.4, 0.5) is 0 Å². The van der Waals surface area contributed by atoms with Crippen molar-refractivity contribution in [2.75, 3.05) is 40.7 Å². The fourth-order valence-corrected chi connectivity index (χ4v) is 2.33. The van der Waals surface area contributed by atoms with E-state index in [0.717, 1.165) is 11.8 Å². The third kappa shape index (κ3) is 5.41. The van der Waals surface area contributed by atoms with Crippen molar-refractivity contribution in [2.45, 2.75) is 6.54 Å².